The minimum Gasteiger partial charge on any atom is -0.356 e. The van der Waals surface area contributed by atoms with Crippen LogP contribution >= 0.6 is 11.6 Å². The molecular formula is C24H32ClF6N5O5. The fourth-order valence-corrected chi connectivity index (χ4v) is 5.76. The highest BCUT2D eigenvalue weighted by Crippen LogP contribution is 2.43. The first-order valence-corrected chi connectivity index (χ1v) is 13.7. The lowest BCUT2D eigenvalue weighted by molar-refractivity contribution is -0.270. The van der Waals surface area contributed by atoms with Crippen molar-refractivity contribution < 1.29 is 50.3 Å². The van der Waals surface area contributed by atoms with Crippen LogP contribution in [0.2, 0.25) is 0 Å². The van der Waals surface area contributed by atoms with E-state index >= 15 is 0 Å². The highest BCUT2D eigenvalue weighted by Gasteiger charge is 2.64. The smallest absolute Gasteiger partial charge is 0.356 e. The second-order valence-corrected chi connectivity index (χ2v) is 11.1. The topological polar surface area (TPSA) is 128 Å². The van der Waals surface area contributed by atoms with Crippen molar-refractivity contribution in [1.29, 1.82) is 0 Å². The molecule has 10 nitrogen and oxygen atoms in total. The Morgan fingerprint density at radius 1 is 1.15 bits per heavy atom. The molecule has 41 heavy (non-hydrogen) atoms. The van der Waals surface area contributed by atoms with Gasteiger partial charge in [0.1, 0.15) is 12.1 Å². The summed E-state index contributed by atoms with van der Waals surface area (Å²) in [5.41, 5.74) is -0.326. The summed E-state index contributed by atoms with van der Waals surface area (Å²) < 4.78 is 79.6. The van der Waals surface area contributed by atoms with E-state index in [0.29, 0.717) is 30.8 Å². The van der Waals surface area contributed by atoms with Crippen molar-refractivity contribution in [2.24, 2.45) is 23.7 Å². The molecule has 3 unspecified atom stereocenters. The number of likely N-dealkylation sites (tertiary alicyclic amines) is 1. The van der Waals surface area contributed by atoms with Crippen molar-refractivity contribution in [1.82, 2.24) is 26.0 Å². The molecule has 2 saturated heterocycles. The Balaban J connectivity index is 1.88. The Morgan fingerprint density at radius 3 is 2.34 bits per heavy atom. The quantitative estimate of drug-likeness (QED) is 0.206. The van der Waals surface area contributed by atoms with Crippen LogP contribution in [0.15, 0.2) is 0 Å². The Kier molecular flexibility index (Phi) is 10.1. The summed E-state index contributed by atoms with van der Waals surface area (Å²) in [5, 5.41) is 4.63. The number of hydrogen-bond acceptors (Lipinski definition) is 5. The van der Waals surface area contributed by atoms with Gasteiger partial charge in [0.25, 0.3) is 17.4 Å². The summed E-state index contributed by atoms with van der Waals surface area (Å²) >= 11 is 5.31. The third kappa shape index (κ3) is 6.83. The molecule has 5 amide bonds. The van der Waals surface area contributed by atoms with E-state index < -0.39 is 83.6 Å². The summed E-state index contributed by atoms with van der Waals surface area (Å²) in [5.74, 6) is -14.6. The number of nitrogens with zero attached hydrogens (tertiary/aromatic N) is 2. The third-order valence-electron chi connectivity index (χ3n) is 8.11. The van der Waals surface area contributed by atoms with Crippen LogP contribution in [0.3, 0.4) is 0 Å². The SMILES string of the molecule is CCC(C)C(NC(=O)C(F)(F)C(F)(F)F)C(=O)N1C[C@@H]2CCC[C@@H]2[C@H]1C(=O)NN(C[C@@H]1CCNC1=O)C(=O)C(F)Cl. The molecule has 0 aromatic heterocycles. The predicted octanol–water partition coefficient (Wildman–Crippen LogP) is 1.87. The van der Waals surface area contributed by atoms with Gasteiger partial charge >= 0.3 is 18.0 Å². The molecule has 232 valence electrons. The van der Waals surface area contributed by atoms with E-state index in [1.54, 1.807) is 0 Å². The third-order valence-corrected chi connectivity index (χ3v) is 8.30. The summed E-state index contributed by atoms with van der Waals surface area (Å²) in [4.78, 5) is 64.7. The number of carbonyl (C=O) groups is 5. The number of carbonyl (C=O) groups excluding carboxylic acids is 5. The van der Waals surface area contributed by atoms with Crippen LogP contribution in [0.5, 0.6) is 0 Å². The van der Waals surface area contributed by atoms with Crippen LogP contribution < -0.4 is 16.1 Å². The highest BCUT2D eigenvalue weighted by molar-refractivity contribution is 6.29. The molecule has 1 aliphatic carbocycles. The van der Waals surface area contributed by atoms with Crippen molar-refractivity contribution in [3.8, 4) is 0 Å². The van der Waals surface area contributed by atoms with Gasteiger partial charge in [-0.05, 0) is 37.0 Å². The van der Waals surface area contributed by atoms with E-state index in [-0.39, 0.29) is 25.3 Å². The van der Waals surface area contributed by atoms with Gasteiger partial charge in [0.05, 0.1) is 12.5 Å². The number of hydrazine groups is 1. The lowest BCUT2D eigenvalue weighted by Gasteiger charge is -2.35. The Hall–Kier alpha value is -2.78. The molecule has 0 radical (unpaired) electrons. The minimum atomic E-state index is -6.20. The average Bonchev–Trinajstić information content (AvgIpc) is 3.60. The fourth-order valence-electron chi connectivity index (χ4n) is 5.64. The van der Waals surface area contributed by atoms with Gasteiger partial charge in [0.15, 0.2) is 0 Å². The van der Waals surface area contributed by atoms with E-state index in [9.17, 15) is 50.3 Å². The molecule has 0 aromatic carbocycles. The Morgan fingerprint density at radius 2 is 1.80 bits per heavy atom. The summed E-state index contributed by atoms with van der Waals surface area (Å²) in [6.45, 7) is 2.72. The standard InChI is InChI=1S/C24H32ClF6N5O5/c1-3-11(2)15(33-22(41)23(27,28)24(29,30)31)20(39)35-9-12-5-4-6-14(12)16(35)19(38)34-36(21(40)17(25)26)10-13-7-8-32-18(13)37/h11-17H,3-10H2,1-2H3,(H,32,37)(H,33,41)(H,34,38)/t11?,12-,13-,14-,15?,16-,17?/m0/s1. The fraction of sp³-hybridized carbons (Fsp3) is 0.792. The molecule has 3 rings (SSSR count). The highest BCUT2D eigenvalue weighted by atomic mass is 35.5. The Labute approximate surface area is 236 Å². The molecule has 0 spiro atoms. The van der Waals surface area contributed by atoms with Gasteiger partial charge in [-0.15, -0.1) is 0 Å². The molecule has 3 aliphatic rings. The maximum atomic E-state index is 13.8. The second kappa shape index (κ2) is 12.6. The lowest BCUT2D eigenvalue weighted by Crippen LogP contribution is -2.61. The van der Waals surface area contributed by atoms with Gasteiger partial charge in [-0.2, -0.15) is 22.0 Å². The predicted molar refractivity (Wildman–Crippen MR) is 130 cm³/mol. The van der Waals surface area contributed by atoms with Crippen molar-refractivity contribution >= 4 is 41.1 Å². The first-order chi connectivity index (χ1) is 19.0. The van der Waals surface area contributed by atoms with Crippen LogP contribution in [-0.4, -0.2) is 88.9 Å². The van der Waals surface area contributed by atoms with Crippen molar-refractivity contribution in [3.63, 3.8) is 0 Å². The minimum absolute atomic E-state index is 0.0553. The monoisotopic (exact) mass is 619 g/mol. The van der Waals surface area contributed by atoms with Crippen LogP contribution in [0.25, 0.3) is 0 Å². The molecule has 17 heteroatoms. The van der Waals surface area contributed by atoms with Crippen molar-refractivity contribution in [2.45, 2.75) is 75.8 Å². The van der Waals surface area contributed by atoms with Gasteiger partial charge in [0.2, 0.25) is 11.8 Å². The molecule has 0 bridgehead atoms. The van der Waals surface area contributed by atoms with Gasteiger partial charge in [-0.25, -0.2) is 9.40 Å². The van der Waals surface area contributed by atoms with Gasteiger partial charge < -0.3 is 15.5 Å². The molecule has 2 aliphatic heterocycles. The average molecular weight is 620 g/mol. The first-order valence-electron chi connectivity index (χ1n) is 13.2. The van der Waals surface area contributed by atoms with E-state index in [1.807, 2.05) is 0 Å². The lowest BCUT2D eigenvalue weighted by atomic mass is 9.93. The zero-order valence-corrected chi connectivity index (χ0v) is 23.0. The first kappa shape index (κ1) is 32.7. The van der Waals surface area contributed by atoms with E-state index in [1.165, 1.54) is 19.2 Å². The van der Waals surface area contributed by atoms with E-state index in [0.717, 1.165) is 4.90 Å². The van der Waals surface area contributed by atoms with Crippen LogP contribution in [0.1, 0.15) is 46.0 Å². The molecule has 1 saturated carbocycles. The maximum absolute atomic E-state index is 13.8. The summed E-state index contributed by atoms with van der Waals surface area (Å²) in [6, 6.07) is -3.14. The molecule has 7 atom stereocenters. The van der Waals surface area contributed by atoms with Crippen LogP contribution in [0.4, 0.5) is 26.3 Å². The number of rotatable bonds is 9. The van der Waals surface area contributed by atoms with Gasteiger partial charge in [0, 0.05) is 13.1 Å². The van der Waals surface area contributed by atoms with Crippen LogP contribution in [-0.2, 0) is 24.0 Å². The largest absolute Gasteiger partial charge is 0.463 e. The number of halogens is 7. The number of fused-ring (bicyclic) bond motifs is 1. The van der Waals surface area contributed by atoms with Crippen molar-refractivity contribution in [2.75, 3.05) is 19.6 Å². The van der Waals surface area contributed by atoms with Gasteiger partial charge in [-0.1, -0.05) is 38.3 Å². The summed E-state index contributed by atoms with van der Waals surface area (Å²) in [7, 11) is 0. The zero-order chi connectivity index (χ0) is 30.9. The molecule has 0 aromatic rings. The number of nitrogens with one attached hydrogen (secondary N) is 3. The Bertz CT molecular complexity index is 1050. The maximum Gasteiger partial charge on any atom is 0.463 e. The number of alkyl halides is 7. The molecule has 3 fully saturated rings. The second-order valence-electron chi connectivity index (χ2n) is 10.7. The summed E-state index contributed by atoms with van der Waals surface area (Å²) in [6.07, 6.45) is -4.08. The van der Waals surface area contributed by atoms with Gasteiger partial charge in [-0.3, -0.25) is 29.4 Å². The van der Waals surface area contributed by atoms with Crippen LogP contribution in [0, 0.1) is 23.7 Å². The molecular weight excluding hydrogens is 588 g/mol. The number of amides is 5. The zero-order valence-electron chi connectivity index (χ0n) is 22.3. The molecule has 3 N–H and O–H groups in total. The molecule has 2 heterocycles. The van der Waals surface area contributed by atoms with E-state index in [4.69, 9.17) is 11.6 Å². The van der Waals surface area contributed by atoms with E-state index in [2.05, 4.69) is 10.7 Å². The normalized spacial score (nSPS) is 26.6. The van der Waals surface area contributed by atoms with Crippen molar-refractivity contribution in [3.05, 3.63) is 0 Å². The number of hydrogen-bond donors (Lipinski definition) is 3.